The Kier molecular flexibility index (Phi) is 4.43. The molecule has 84 valence electrons. The molecule has 15 heavy (non-hydrogen) atoms. The highest BCUT2D eigenvalue weighted by molar-refractivity contribution is 5.46. The first-order valence-electron chi connectivity index (χ1n) is 5.25. The van der Waals surface area contributed by atoms with E-state index in [4.69, 9.17) is 10.5 Å². The maximum atomic E-state index is 9.54. The molecule has 1 rings (SSSR count). The SMILES string of the molecule is COc1cc(CCCCN)c(C)cc1O. The third-order valence-corrected chi connectivity index (χ3v) is 2.54. The van der Waals surface area contributed by atoms with E-state index in [0.717, 1.165) is 31.4 Å². The lowest BCUT2D eigenvalue weighted by Gasteiger charge is -2.10. The number of nitrogens with two attached hydrogens (primary N) is 1. The first-order chi connectivity index (χ1) is 7.19. The predicted octanol–water partition coefficient (Wildman–Crippen LogP) is 1.99. The number of hydrogen-bond donors (Lipinski definition) is 2. The zero-order chi connectivity index (χ0) is 11.3. The van der Waals surface area contributed by atoms with Crippen molar-refractivity contribution in [1.29, 1.82) is 0 Å². The molecule has 0 fully saturated rings. The number of hydrogen-bond acceptors (Lipinski definition) is 3. The number of aromatic hydroxyl groups is 1. The summed E-state index contributed by atoms with van der Waals surface area (Å²) in [4.78, 5) is 0. The van der Waals surface area contributed by atoms with E-state index in [9.17, 15) is 5.11 Å². The van der Waals surface area contributed by atoms with Crippen LogP contribution < -0.4 is 10.5 Å². The van der Waals surface area contributed by atoms with Crippen LogP contribution in [-0.2, 0) is 6.42 Å². The van der Waals surface area contributed by atoms with Crippen molar-refractivity contribution in [2.75, 3.05) is 13.7 Å². The van der Waals surface area contributed by atoms with E-state index >= 15 is 0 Å². The largest absolute Gasteiger partial charge is 0.504 e. The third kappa shape index (κ3) is 3.13. The van der Waals surface area contributed by atoms with Crippen LogP contribution >= 0.6 is 0 Å². The number of benzene rings is 1. The summed E-state index contributed by atoms with van der Waals surface area (Å²) >= 11 is 0. The highest BCUT2D eigenvalue weighted by Crippen LogP contribution is 2.29. The molecule has 0 heterocycles. The van der Waals surface area contributed by atoms with Crippen LogP contribution in [0.2, 0.25) is 0 Å². The van der Waals surface area contributed by atoms with Gasteiger partial charge in [0.05, 0.1) is 7.11 Å². The van der Waals surface area contributed by atoms with E-state index in [-0.39, 0.29) is 5.75 Å². The molecule has 0 saturated heterocycles. The molecule has 0 amide bonds. The van der Waals surface area contributed by atoms with Gasteiger partial charge in [0.15, 0.2) is 11.5 Å². The average molecular weight is 209 g/mol. The summed E-state index contributed by atoms with van der Waals surface area (Å²) in [5.41, 5.74) is 7.77. The van der Waals surface area contributed by atoms with E-state index in [2.05, 4.69) is 0 Å². The lowest BCUT2D eigenvalue weighted by atomic mass is 10.0. The molecule has 1 aromatic carbocycles. The van der Waals surface area contributed by atoms with Gasteiger partial charge in [0.2, 0.25) is 0 Å². The molecule has 0 bridgehead atoms. The smallest absolute Gasteiger partial charge is 0.160 e. The monoisotopic (exact) mass is 209 g/mol. The molecular formula is C12H19NO2. The Morgan fingerprint density at radius 2 is 2.07 bits per heavy atom. The minimum absolute atomic E-state index is 0.206. The Bertz CT molecular complexity index is 324. The molecule has 0 aliphatic heterocycles. The van der Waals surface area contributed by atoms with Gasteiger partial charge < -0.3 is 15.6 Å². The van der Waals surface area contributed by atoms with Gasteiger partial charge in [-0.25, -0.2) is 0 Å². The molecule has 3 N–H and O–H groups in total. The van der Waals surface area contributed by atoms with Crippen LogP contribution in [0.1, 0.15) is 24.0 Å². The molecule has 1 aromatic rings. The van der Waals surface area contributed by atoms with E-state index in [1.807, 2.05) is 13.0 Å². The van der Waals surface area contributed by atoms with Crippen LogP contribution in [0.5, 0.6) is 11.5 Å². The highest BCUT2D eigenvalue weighted by Gasteiger charge is 2.06. The van der Waals surface area contributed by atoms with Crippen LogP contribution in [0.25, 0.3) is 0 Å². The first kappa shape index (κ1) is 11.9. The summed E-state index contributed by atoms with van der Waals surface area (Å²) in [6, 6.07) is 3.65. The summed E-state index contributed by atoms with van der Waals surface area (Å²) < 4.78 is 5.07. The quantitative estimate of drug-likeness (QED) is 0.729. The topological polar surface area (TPSA) is 55.5 Å². The summed E-state index contributed by atoms with van der Waals surface area (Å²) in [6.07, 6.45) is 3.09. The van der Waals surface area contributed by atoms with Crippen molar-refractivity contribution in [3.63, 3.8) is 0 Å². The summed E-state index contributed by atoms with van der Waals surface area (Å²) in [5.74, 6) is 0.751. The second-order valence-electron chi connectivity index (χ2n) is 3.70. The Morgan fingerprint density at radius 3 is 2.67 bits per heavy atom. The molecule has 0 aromatic heterocycles. The van der Waals surface area contributed by atoms with Crippen LogP contribution in [0, 0.1) is 6.92 Å². The van der Waals surface area contributed by atoms with Crippen molar-refractivity contribution in [3.05, 3.63) is 23.3 Å². The van der Waals surface area contributed by atoms with Gasteiger partial charge in [-0.3, -0.25) is 0 Å². The Hall–Kier alpha value is -1.22. The summed E-state index contributed by atoms with van der Waals surface area (Å²) in [6.45, 7) is 2.73. The maximum Gasteiger partial charge on any atom is 0.160 e. The number of methoxy groups -OCH3 is 1. The fourth-order valence-corrected chi connectivity index (χ4v) is 1.61. The van der Waals surface area contributed by atoms with E-state index in [1.165, 1.54) is 5.56 Å². The summed E-state index contributed by atoms with van der Waals surface area (Å²) in [5, 5.41) is 9.54. The number of unbranched alkanes of at least 4 members (excludes halogenated alkanes) is 1. The van der Waals surface area contributed by atoms with Crippen LogP contribution in [0.4, 0.5) is 0 Å². The van der Waals surface area contributed by atoms with Gasteiger partial charge in [-0.1, -0.05) is 0 Å². The van der Waals surface area contributed by atoms with Crippen molar-refractivity contribution >= 4 is 0 Å². The van der Waals surface area contributed by atoms with E-state index < -0.39 is 0 Å². The van der Waals surface area contributed by atoms with Gasteiger partial charge in [0, 0.05) is 0 Å². The molecule has 0 aliphatic rings. The second kappa shape index (κ2) is 5.61. The maximum absolute atomic E-state index is 9.54. The van der Waals surface area contributed by atoms with Gasteiger partial charge in [0.25, 0.3) is 0 Å². The number of aryl methyl sites for hydroxylation is 2. The fourth-order valence-electron chi connectivity index (χ4n) is 1.61. The zero-order valence-corrected chi connectivity index (χ0v) is 9.42. The predicted molar refractivity (Wildman–Crippen MR) is 61.4 cm³/mol. The fraction of sp³-hybridized carbons (Fsp3) is 0.500. The van der Waals surface area contributed by atoms with Crippen molar-refractivity contribution in [2.45, 2.75) is 26.2 Å². The number of ether oxygens (including phenoxy) is 1. The Morgan fingerprint density at radius 1 is 1.33 bits per heavy atom. The van der Waals surface area contributed by atoms with Crippen LogP contribution in [0.15, 0.2) is 12.1 Å². The zero-order valence-electron chi connectivity index (χ0n) is 9.42. The van der Waals surface area contributed by atoms with Gasteiger partial charge >= 0.3 is 0 Å². The molecule has 3 nitrogen and oxygen atoms in total. The molecular weight excluding hydrogens is 190 g/mol. The molecule has 0 spiro atoms. The van der Waals surface area contributed by atoms with Gasteiger partial charge in [-0.05, 0) is 56.0 Å². The van der Waals surface area contributed by atoms with Gasteiger partial charge in [-0.15, -0.1) is 0 Å². The first-order valence-corrected chi connectivity index (χ1v) is 5.25. The van der Waals surface area contributed by atoms with E-state index in [0.29, 0.717) is 5.75 Å². The van der Waals surface area contributed by atoms with Crippen LogP contribution in [0.3, 0.4) is 0 Å². The summed E-state index contributed by atoms with van der Waals surface area (Å²) in [7, 11) is 1.56. The molecule has 0 atom stereocenters. The lowest BCUT2D eigenvalue weighted by molar-refractivity contribution is 0.372. The molecule has 3 heteroatoms. The van der Waals surface area contributed by atoms with Crippen LogP contribution in [-0.4, -0.2) is 18.8 Å². The Labute approximate surface area is 90.9 Å². The van der Waals surface area contributed by atoms with E-state index in [1.54, 1.807) is 13.2 Å². The minimum Gasteiger partial charge on any atom is -0.504 e. The lowest BCUT2D eigenvalue weighted by Crippen LogP contribution is -2.00. The standard InChI is InChI=1S/C12H19NO2/c1-9-7-11(14)12(15-2)8-10(9)5-3-4-6-13/h7-8,14H,3-6,13H2,1-2H3. The molecule has 0 saturated carbocycles. The normalized spacial score (nSPS) is 10.3. The minimum atomic E-state index is 0.206. The third-order valence-electron chi connectivity index (χ3n) is 2.54. The number of rotatable bonds is 5. The van der Waals surface area contributed by atoms with Crippen molar-refractivity contribution in [2.24, 2.45) is 5.73 Å². The molecule has 0 radical (unpaired) electrons. The van der Waals surface area contributed by atoms with Crippen molar-refractivity contribution in [1.82, 2.24) is 0 Å². The average Bonchev–Trinajstić information content (AvgIpc) is 2.21. The van der Waals surface area contributed by atoms with Gasteiger partial charge in [0.1, 0.15) is 0 Å². The Balaban J connectivity index is 2.78. The van der Waals surface area contributed by atoms with Crippen molar-refractivity contribution in [3.8, 4) is 11.5 Å². The molecule has 0 unspecified atom stereocenters. The van der Waals surface area contributed by atoms with Gasteiger partial charge in [-0.2, -0.15) is 0 Å². The highest BCUT2D eigenvalue weighted by atomic mass is 16.5. The molecule has 0 aliphatic carbocycles. The number of phenols is 1. The number of phenolic OH excluding ortho intramolecular Hbond substituents is 1. The second-order valence-corrected chi connectivity index (χ2v) is 3.70. The van der Waals surface area contributed by atoms with Crippen molar-refractivity contribution < 1.29 is 9.84 Å².